The second-order valence-electron chi connectivity index (χ2n) is 6.28. The Bertz CT molecular complexity index is 1130. The van der Waals surface area contributed by atoms with Gasteiger partial charge in [-0.3, -0.25) is 0 Å². The van der Waals surface area contributed by atoms with Crippen molar-refractivity contribution in [1.29, 1.82) is 0 Å². The maximum absolute atomic E-state index is 4.85. The molecule has 0 bridgehead atoms. The normalized spacial score (nSPS) is 13.3. The van der Waals surface area contributed by atoms with Crippen molar-refractivity contribution in [2.75, 3.05) is 5.75 Å². The topological polar surface area (TPSA) is 60.9 Å². The van der Waals surface area contributed by atoms with Crippen molar-refractivity contribution in [3.8, 4) is 28.3 Å². The first-order valence-corrected chi connectivity index (χ1v) is 9.62. The van der Waals surface area contributed by atoms with Gasteiger partial charge in [0.05, 0.1) is 11.3 Å². The molecule has 0 radical (unpaired) electrons. The van der Waals surface area contributed by atoms with Gasteiger partial charge in [0, 0.05) is 23.2 Å². The summed E-state index contributed by atoms with van der Waals surface area (Å²) in [4.78, 5) is 0. The zero-order valence-electron chi connectivity index (χ0n) is 14.6. The molecule has 0 unspecified atom stereocenters. The maximum atomic E-state index is 4.85. The van der Waals surface area contributed by atoms with Crippen LogP contribution < -0.4 is 0 Å². The number of aromatic nitrogens is 5. The van der Waals surface area contributed by atoms with Gasteiger partial charge in [0.25, 0.3) is 0 Å². The summed E-state index contributed by atoms with van der Waals surface area (Å²) in [6, 6.07) is 20.2. The third kappa shape index (κ3) is 2.86. The highest BCUT2D eigenvalue weighted by molar-refractivity contribution is 7.99. The monoisotopic (exact) mass is 372 g/mol. The molecular formula is C20H16N6S. The van der Waals surface area contributed by atoms with Crippen LogP contribution in [-0.2, 0) is 0 Å². The van der Waals surface area contributed by atoms with Crippen molar-refractivity contribution in [2.45, 2.75) is 12.1 Å². The molecule has 0 fully saturated rings. The molecule has 4 aromatic rings. The van der Waals surface area contributed by atoms with E-state index in [4.69, 9.17) is 5.10 Å². The van der Waals surface area contributed by atoms with Crippen LogP contribution in [0.1, 0.15) is 6.92 Å². The third-order valence-electron chi connectivity index (χ3n) is 4.32. The summed E-state index contributed by atoms with van der Waals surface area (Å²) in [5.41, 5.74) is 4.84. The molecule has 3 heterocycles. The van der Waals surface area contributed by atoms with Crippen molar-refractivity contribution in [2.24, 2.45) is 5.10 Å². The van der Waals surface area contributed by atoms with E-state index in [0.29, 0.717) is 5.82 Å². The highest BCUT2D eigenvalue weighted by Gasteiger charge is 2.23. The van der Waals surface area contributed by atoms with Gasteiger partial charge in [0.1, 0.15) is 5.69 Å². The molecule has 1 aliphatic rings. The van der Waals surface area contributed by atoms with Crippen LogP contribution >= 0.6 is 11.8 Å². The lowest BCUT2D eigenvalue weighted by atomic mass is 10.1. The van der Waals surface area contributed by atoms with E-state index in [-0.39, 0.29) is 0 Å². The number of nitrogens with zero attached hydrogens (tertiary/aromatic N) is 6. The first-order valence-electron chi connectivity index (χ1n) is 8.63. The Labute approximate surface area is 160 Å². The average Bonchev–Trinajstić information content (AvgIpc) is 3.33. The molecule has 0 amide bonds. The van der Waals surface area contributed by atoms with E-state index in [9.17, 15) is 0 Å². The fourth-order valence-corrected chi connectivity index (χ4v) is 3.79. The summed E-state index contributed by atoms with van der Waals surface area (Å²) in [6.45, 7) is 2.02. The van der Waals surface area contributed by atoms with Crippen molar-refractivity contribution in [1.82, 2.24) is 24.7 Å². The number of thioether (sulfide) groups is 1. The second kappa shape index (κ2) is 6.51. The molecule has 5 rings (SSSR count). The van der Waals surface area contributed by atoms with Gasteiger partial charge in [0.15, 0.2) is 5.82 Å². The van der Waals surface area contributed by atoms with Crippen LogP contribution in [0.5, 0.6) is 0 Å². The molecule has 6 nitrogen and oxygen atoms in total. The lowest BCUT2D eigenvalue weighted by Crippen LogP contribution is -2.08. The van der Waals surface area contributed by atoms with E-state index in [2.05, 4.69) is 27.4 Å². The molecular weight excluding hydrogens is 356 g/mol. The Balaban J connectivity index is 1.73. The van der Waals surface area contributed by atoms with E-state index in [1.165, 1.54) is 0 Å². The minimum atomic E-state index is 0.706. The molecule has 0 N–H and O–H groups in total. The molecule has 0 aliphatic carbocycles. The largest absolute Gasteiger partial charge is 0.240 e. The first kappa shape index (κ1) is 16.0. The van der Waals surface area contributed by atoms with E-state index >= 15 is 0 Å². The molecule has 1 aliphatic heterocycles. The van der Waals surface area contributed by atoms with Crippen LogP contribution in [0.4, 0.5) is 0 Å². The molecule has 0 spiro atoms. The van der Waals surface area contributed by atoms with Crippen LogP contribution in [0, 0.1) is 0 Å². The van der Waals surface area contributed by atoms with Gasteiger partial charge < -0.3 is 0 Å². The number of fused-ring (bicyclic) bond motifs is 1. The fourth-order valence-electron chi connectivity index (χ4n) is 3.04. The van der Waals surface area contributed by atoms with Gasteiger partial charge in [-0.1, -0.05) is 60.3 Å². The number of benzene rings is 2. The van der Waals surface area contributed by atoms with Crippen molar-refractivity contribution < 1.29 is 0 Å². The van der Waals surface area contributed by atoms with Crippen LogP contribution in [0.3, 0.4) is 0 Å². The molecule has 27 heavy (non-hydrogen) atoms. The zero-order valence-corrected chi connectivity index (χ0v) is 15.5. The summed E-state index contributed by atoms with van der Waals surface area (Å²) in [5.74, 6) is 1.55. The molecule has 0 saturated heterocycles. The Kier molecular flexibility index (Phi) is 3.86. The highest BCUT2D eigenvalue weighted by atomic mass is 32.2. The molecule has 132 valence electrons. The van der Waals surface area contributed by atoms with Crippen LogP contribution in [0.15, 0.2) is 77.1 Å². The standard InChI is InChI=1S/C20H16N6S/c1-14-13-27-20-22-21-19(26(20)23-14)17-12-25(16-10-6-3-7-11-16)24-18(17)15-8-4-2-5-9-15/h2-12H,13H2,1H3. The Morgan fingerprint density at radius 3 is 2.44 bits per heavy atom. The number of hydrogen-bond acceptors (Lipinski definition) is 5. The van der Waals surface area contributed by atoms with Crippen LogP contribution in [0.25, 0.3) is 28.3 Å². The van der Waals surface area contributed by atoms with E-state index in [1.54, 1.807) is 11.8 Å². The van der Waals surface area contributed by atoms with Crippen molar-refractivity contribution >= 4 is 17.5 Å². The summed E-state index contributed by atoms with van der Waals surface area (Å²) >= 11 is 1.65. The van der Waals surface area contributed by atoms with Crippen LogP contribution in [0.2, 0.25) is 0 Å². The summed E-state index contributed by atoms with van der Waals surface area (Å²) in [7, 11) is 0. The maximum Gasteiger partial charge on any atom is 0.212 e. The number of para-hydroxylation sites is 1. The summed E-state index contributed by atoms with van der Waals surface area (Å²) in [5, 5.41) is 19.1. The van der Waals surface area contributed by atoms with Crippen molar-refractivity contribution in [3.05, 3.63) is 66.9 Å². The first-order chi connectivity index (χ1) is 13.3. The molecule has 2 aromatic heterocycles. The highest BCUT2D eigenvalue weighted by Crippen LogP contribution is 2.34. The fraction of sp³-hybridized carbons (Fsp3) is 0.100. The Hall–Kier alpha value is -3.19. The lowest BCUT2D eigenvalue weighted by molar-refractivity contribution is 0.761. The molecule has 0 atom stereocenters. The predicted octanol–water partition coefficient (Wildman–Crippen LogP) is 4.13. The smallest absolute Gasteiger partial charge is 0.212 e. The lowest BCUT2D eigenvalue weighted by Gasteiger charge is -2.10. The molecule has 7 heteroatoms. The van der Waals surface area contributed by atoms with Gasteiger partial charge in [0.2, 0.25) is 5.16 Å². The SMILES string of the molecule is CC1=Nn2c(nnc2-c2cn(-c3ccccc3)nc2-c2ccccc2)SC1. The van der Waals surface area contributed by atoms with E-state index < -0.39 is 0 Å². The number of hydrogen-bond donors (Lipinski definition) is 0. The van der Waals surface area contributed by atoms with Crippen LogP contribution in [-0.4, -0.2) is 36.1 Å². The van der Waals surface area contributed by atoms with Gasteiger partial charge in [-0.05, 0) is 19.1 Å². The third-order valence-corrected chi connectivity index (χ3v) is 5.39. The summed E-state index contributed by atoms with van der Waals surface area (Å²) in [6.07, 6.45) is 2.00. The molecule has 2 aromatic carbocycles. The minimum absolute atomic E-state index is 0.706. The van der Waals surface area contributed by atoms with Gasteiger partial charge in [-0.2, -0.15) is 14.9 Å². The minimum Gasteiger partial charge on any atom is -0.240 e. The predicted molar refractivity (Wildman–Crippen MR) is 107 cm³/mol. The Morgan fingerprint density at radius 2 is 1.67 bits per heavy atom. The Morgan fingerprint density at radius 1 is 0.926 bits per heavy atom. The second-order valence-corrected chi connectivity index (χ2v) is 7.22. The zero-order chi connectivity index (χ0) is 18.2. The number of rotatable bonds is 3. The molecule has 0 saturated carbocycles. The average molecular weight is 372 g/mol. The quantitative estimate of drug-likeness (QED) is 0.543. The van der Waals surface area contributed by atoms with Gasteiger partial charge in [-0.15, -0.1) is 10.2 Å². The summed E-state index contributed by atoms with van der Waals surface area (Å²) < 4.78 is 3.70. The van der Waals surface area contributed by atoms with E-state index in [1.807, 2.05) is 71.0 Å². The van der Waals surface area contributed by atoms with E-state index in [0.717, 1.165) is 39.1 Å². The van der Waals surface area contributed by atoms with Crippen molar-refractivity contribution in [3.63, 3.8) is 0 Å². The van der Waals surface area contributed by atoms with Gasteiger partial charge >= 0.3 is 0 Å². The van der Waals surface area contributed by atoms with Gasteiger partial charge in [-0.25, -0.2) is 4.68 Å².